The Morgan fingerprint density at radius 1 is 1.12 bits per heavy atom. The van der Waals surface area contributed by atoms with Crippen molar-refractivity contribution in [3.8, 4) is 0 Å². The molecule has 2 N–H and O–H groups in total. The number of rotatable bonds is 5. The molecule has 4 heteroatoms. The maximum absolute atomic E-state index is 12.4. The Morgan fingerprint density at radius 2 is 1.88 bits per heavy atom. The molecule has 0 radical (unpaired) electrons. The van der Waals surface area contributed by atoms with Gasteiger partial charge in [0.05, 0.1) is 0 Å². The van der Waals surface area contributed by atoms with Crippen molar-refractivity contribution in [2.45, 2.75) is 46.0 Å². The molecule has 0 unspecified atom stereocenters. The number of benzene rings is 1. The molecule has 0 saturated carbocycles. The summed E-state index contributed by atoms with van der Waals surface area (Å²) in [7, 11) is 0. The second-order valence-corrected chi connectivity index (χ2v) is 7.09. The number of fused-ring (bicyclic) bond motifs is 1. The van der Waals surface area contributed by atoms with Crippen LogP contribution in [0, 0.1) is 13.8 Å². The Bertz CT molecular complexity index is 696. The van der Waals surface area contributed by atoms with E-state index in [9.17, 15) is 4.79 Å². The average Bonchev–Trinajstić information content (AvgIpc) is 2.81. The number of amides is 1. The fourth-order valence-corrected chi connectivity index (χ4v) is 3.68. The van der Waals surface area contributed by atoms with Gasteiger partial charge in [-0.05, 0) is 76.0 Å². The van der Waals surface area contributed by atoms with Crippen molar-refractivity contribution < 1.29 is 4.79 Å². The van der Waals surface area contributed by atoms with Crippen LogP contribution in [0.25, 0.3) is 10.9 Å². The quantitative estimate of drug-likeness (QED) is 0.821. The molecular weight excluding hydrogens is 298 g/mol. The molecule has 0 aliphatic carbocycles. The highest BCUT2D eigenvalue weighted by Crippen LogP contribution is 2.21. The molecule has 2 heterocycles. The SMILES string of the molecule is Cc1cc(C)c2cc(C(=O)NCCCN3CCCCCC3)[nH]c2c1. The third-order valence-corrected chi connectivity index (χ3v) is 4.97. The fourth-order valence-electron chi connectivity index (χ4n) is 3.68. The Morgan fingerprint density at radius 3 is 2.62 bits per heavy atom. The Balaban J connectivity index is 1.51. The number of carbonyl (C=O) groups excluding carboxylic acids is 1. The molecule has 1 fully saturated rings. The van der Waals surface area contributed by atoms with Gasteiger partial charge in [-0.1, -0.05) is 18.9 Å². The van der Waals surface area contributed by atoms with Crippen molar-refractivity contribution >= 4 is 16.8 Å². The summed E-state index contributed by atoms with van der Waals surface area (Å²) < 4.78 is 0. The molecule has 1 amide bonds. The summed E-state index contributed by atoms with van der Waals surface area (Å²) in [6.07, 6.45) is 6.39. The van der Waals surface area contributed by atoms with Crippen molar-refractivity contribution in [1.82, 2.24) is 15.2 Å². The van der Waals surface area contributed by atoms with Crippen LogP contribution in [-0.4, -0.2) is 42.0 Å². The van der Waals surface area contributed by atoms with Gasteiger partial charge in [-0.25, -0.2) is 0 Å². The van der Waals surface area contributed by atoms with E-state index in [1.54, 1.807) is 0 Å². The summed E-state index contributed by atoms with van der Waals surface area (Å²) in [5, 5.41) is 4.19. The number of carbonyl (C=O) groups is 1. The Hall–Kier alpha value is -1.81. The van der Waals surface area contributed by atoms with E-state index in [4.69, 9.17) is 0 Å². The summed E-state index contributed by atoms with van der Waals surface area (Å²) in [6, 6.07) is 6.21. The number of aryl methyl sites for hydroxylation is 2. The zero-order chi connectivity index (χ0) is 16.9. The van der Waals surface area contributed by atoms with Crippen LogP contribution in [0.4, 0.5) is 0 Å². The molecule has 130 valence electrons. The largest absolute Gasteiger partial charge is 0.351 e. The first-order valence-corrected chi connectivity index (χ1v) is 9.24. The molecule has 24 heavy (non-hydrogen) atoms. The summed E-state index contributed by atoms with van der Waals surface area (Å²) in [6.45, 7) is 8.43. The highest BCUT2D eigenvalue weighted by Gasteiger charge is 2.12. The number of nitrogens with zero attached hydrogens (tertiary/aromatic N) is 1. The van der Waals surface area contributed by atoms with Gasteiger partial charge in [0.25, 0.3) is 5.91 Å². The van der Waals surface area contributed by atoms with Gasteiger partial charge < -0.3 is 15.2 Å². The molecule has 1 aromatic carbocycles. The fraction of sp³-hybridized carbons (Fsp3) is 0.550. The third-order valence-electron chi connectivity index (χ3n) is 4.97. The van der Waals surface area contributed by atoms with Gasteiger partial charge in [-0.15, -0.1) is 0 Å². The minimum atomic E-state index is -0.000815. The van der Waals surface area contributed by atoms with Crippen LogP contribution < -0.4 is 5.32 Å². The van der Waals surface area contributed by atoms with E-state index in [2.05, 4.69) is 41.2 Å². The summed E-state index contributed by atoms with van der Waals surface area (Å²) in [4.78, 5) is 18.1. The highest BCUT2D eigenvalue weighted by molar-refractivity contribution is 5.98. The van der Waals surface area contributed by atoms with Crippen molar-refractivity contribution in [2.75, 3.05) is 26.2 Å². The van der Waals surface area contributed by atoms with Crippen molar-refractivity contribution in [3.63, 3.8) is 0 Å². The molecule has 0 bridgehead atoms. The smallest absolute Gasteiger partial charge is 0.267 e. The molecule has 4 nitrogen and oxygen atoms in total. The van der Waals surface area contributed by atoms with Crippen molar-refractivity contribution in [3.05, 3.63) is 35.0 Å². The molecule has 3 rings (SSSR count). The van der Waals surface area contributed by atoms with Crippen LogP contribution in [0.3, 0.4) is 0 Å². The van der Waals surface area contributed by atoms with E-state index in [1.165, 1.54) is 49.9 Å². The normalized spacial score (nSPS) is 16.2. The van der Waals surface area contributed by atoms with Crippen LogP contribution in [-0.2, 0) is 0 Å². The van der Waals surface area contributed by atoms with E-state index < -0.39 is 0 Å². The summed E-state index contributed by atoms with van der Waals surface area (Å²) in [5.41, 5.74) is 4.13. The average molecular weight is 327 g/mol. The lowest BCUT2D eigenvalue weighted by Gasteiger charge is -2.19. The van der Waals surface area contributed by atoms with E-state index in [-0.39, 0.29) is 5.91 Å². The first-order valence-electron chi connectivity index (χ1n) is 9.24. The minimum absolute atomic E-state index is 0.000815. The molecule has 1 aromatic heterocycles. The highest BCUT2D eigenvalue weighted by atomic mass is 16.1. The topological polar surface area (TPSA) is 48.1 Å². The molecule has 0 atom stereocenters. The number of aromatic nitrogens is 1. The van der Waals surface area contributed by atoms with Gasteiger partial charge >= 0.3 is 0 Å². The molecule has 1 aliphatic heterocycles. The standard InChI is InChI=1S/C20H29N3O/c1-15-12-16(2)17-14-19(22-18(17)13-15)20(24)21-8-7-11-23-9-5-3-4-6-10-23/h12-14,22H,3-11H2,1-2H3,(H,21,24). The number of hydrogen-bond acceptors (Lipinski definition) is 2. The molecule has 2 aromatic rings. The van der Waals surface area contributed by atoms with E-state index in [0.717, 1.165) is 30.4 Å². The number of H-pyrrole nitrogens is 1. The molecule has 1 aliphatic rings. The predicted molar refractivity (Wildman–Crippen MR) is 99.6 cm³/mol. The minimum Gasteiger partial charge on any atom is -0.351 e. The van der Waals surface area contributed by atoms with Gasteiger partial charge in [0.2, 0.25) is 0 Å². The van der Waals surface area contributed by atoms with Gasteiger partial charge in [0, 0.05) is 17.4 Å². The number of aromatic amines is 1. The maximum atomic E-state index is 12.4. The van der Waals surface area contributed by atoms with Gasteiger partial charge in [0.15, 0.2) is 0 Å². The van der Waals surface area contributed by atoms with Crippen molar-refractivity contribution in [2.24, 2.45) is 0 Å². The van der Waals surface area contributed by atoms with Gasteiger partial charge in [-0.2, -0.15) is 0 Å². The molecule has 1 saturated heterocycles. The van der Waals surface area contributed by atoms with Crippen LogP contribution >= 0.6 is 0 Å². The zero-order valence-corrected chi connectivity index (χ0v) is 15.0. The lowest BCUT2D eigenvalue weighted by molar-refractivity contribution is 0.0947. The second-order valence-electron chi connectivity index (χ2n) is 7.09. The number of nitrogens with one attached hydrogen (secondary N) is 2. The Labute approximate surface area is 144 Å². The van der Waals surface area contributed by atoms with E-state index in [0.29, 0.717) is 5.69 Å². The molecule has 0 spiro atoms. The second kappa shape index (κ2) is 7.84. The predicted octanol–water partition coefficient (Wildman–Crippen LogP) is 3.78. The lowest BCUT2D eigenvalue weighted by Crippen LogP contribution is -2.30. The van der Waals surface area contributed by atoms with Crippen molar-refractivity contribution in [1.29, 1.82) is 0 Å². The summed E-state index contributed by atoms with van der Waals surface area (Å²) >= 11 is 0. The lowest BCUT2D eigenvalue weighted by atomic mass is 10.1. The van der Waals surface area contributed by atoms with E-state index >= 15 is 0 Å². The summed E-state index contributed by atoms with van der Waals surface area (Å²) in [5.74, 6) is -0.000815. The first-order chi connectivity index (χ1) is 11.6. The third kappa shape index (κ3) is 4.18. The number of hydrogen-bond donors (Lipinski definition) is 2. The van der Waals surface area contributed by atoms with E-state index in [1.807, 2.05) is 6.07 Å². The first kappa shape index (κ1) is 17.0. The number of likely N-dealkylation sites (tertiary alicyclic amines) is 1. The van der Waals surface area contributed by atoms with Crippen LogP contribution in [0.15, 0.2) is 18.2 Å². The monoisotopic (exact) mass is 327 g/mol. The zero-order valence-electron chi connectivity index (χ0n) is 15.0. The van der Waals surface area contributed by atoms with Crippen LogP contribution in [0.5, 0.6) is 0 Å². The van der Waals surface area contributed by atoms with Crippen LogP contribution in [0.1, 0.15) is 53.7 Å². The maximum Gasteiger partial charge on any atom is 0.267 e. The van der Waals surface area contributed by atoms with Crippen LogP contribution in [0.2, 0.25) is 0 Å². The molecular formula is C20H29N3O. The van der Waals surface area contributed by atoms with Gasteiger partial charge in [0.1, 0.15) is 5.69 Å². The van der Waals surface area contributed by atoms with Gasteiger partial charge in [-0.3, -0.25) is 4.79 Å². The Kier molecular flexibility index (Phi) is 5.56.